The van der Waals surface area contributed by atoms with E-state index >= 15 is 0 Å². The molecule has 0 aliphatic rings. The smallest absolute Gasteiger partial charge is 0.340 e. The van der Waals surface area contributed by atoms with Gasteiger partial charge < -0.3 is 29.6 Å². The minimum absolute atomic E-state index is 0.104. The Labute approximate surface area is 247 Å². The summed E-state index contributed by atoms with van der Waals surface area (Å²) < 4.78 is 11.6. The SMILES string of the molecule is Cc1c(CC(=O)N[C@H](Cc2c[nH]c3ccccc23)C(=O)N[C@H](C)C(=O)O)c(=O)oc2c(C)c3occ(C(C)(C)C)c3cc12. The molecule has 3 aromatic heterocycles. The zero-order valence-corrected chi connectivity index (χ0v) is 25.0. The monoisotopic (exact) mass is 585 g/mol. The Balaban J connectivity index is 1.48. The van der Waals surface area contributed by atoms with Gasteiger partial charge in [0.05, 0.1) is 18.2 Å². The van der Waals surface area contributed by atoms with Gasteiger partial charge in [-0.05, 0) is 49.4 Å². The molecular formula is C33H35N3O7. The Hall–Kier alpha value is -4.86. The minimum atomic E-state index is -1.20. The van der Waals surface area contributed by atoms with Gasteiger partial charge in [0.1, 0.15) is 23.2 Å². The molecule has 0 aliphatic heterocycles. The molecule has 224 valence electrons. The second-order valence-electron chi connectivity index (χ2n) is 12.1. The molecule has 0 spiro atoms. The van der Waals surface area contributed by atoms with Crippen molar-refractivity contribution >= 4 is 50.6 Å². The topological polar surface area (TPSA) is 155 Å². The Bertz CT molecular complexity index is 1950. The van der Waals surface area contributed by atoms with Gasteiger partial charge in [-0.15, -0.1) is 0 Å². The molecule has 10 heteroatoms. The summed E-state index contributed by atoms with van der Waals surface area (Å²) in [6.07, 6.45) is 3.25. The van der Waals surface area contributed by atoms with Crippen LogP contribution in [0.15, 0.2) is 56.4 Å². The highest BCUT2D eigenvalue weighted by Gasteiger charge is 2.28. The number of nitrogens with one attached hydrogen (secondary N) is 3. The Kier molecular flexibility index (Phi) is 7.64. The number of H-pyrrole nitrogens is 1. The molecule has 0 aliphatic carbocycles. The molecule has 10 nitrogen and oxygen atoms in total. The van der Waals surface area contributed by atoms with Crippen molar-refractivity contribution < 1.29 is 28.3 Å². The van der Waals surface area contributed by atoms with Gasteiger partial charge in [-0.25, -0.2) is 4.79 Å². The summed E-state index contributed by atoms with van der Waals surface area (Å²) >= 11 is 0. The number of aliphatic carboxylic acids is 1. The molecule has 0 bridgehead atoms. The predicted molar refractivity (Wildman–Crippen MR) is 163 cm³/mol. The van der Waals surface area contributed by atoms with E-state index in [2.05, 4.69) is 36.4 Å². The average molecular weight is 586 g/mol. The summed E-state index contributed by atoms with van der Waals surface area (Å²) in [5, 5.41) is 17.0. The van der Waals surface area contributed by atoms with Crippen LogP contribution in [0.4, 0.5) is 0 Å². The van der Waals surface area contributed by atoms with E-state index in [1.807, 2.05) is 37.3 Å². The number of fused-ring (bicyclic) bond motifs is 3. The van der Waals surface area contributed by atoms with Crippen molar-refractivity contribution in [3.8, 4) is 0 Å². The third-order valence-electron chi connectivity index (χ3n) is 7.97. The molecule has 43 heavy (non-hydrogen) atoms. The number of aromatic nitrogens is 1. The van der Waals surface area contributed by atoms with E-state index in [0.717, 1.165) is 27.4 Å². The largest absolute Gasteiger partial charge is 0.480 e. The Morgan fingerprint density at radius 1 is 1.00 bits per heavy atom. The number of carbonyl (C=O) groups is 3. The maximum atomic E-state index is 13.4. The van der Waals surface area contributed by atoms with Gasteiger partial charge in [0.25, 0.3) is 0 Å². The molecule has 4 N–H and O–H groups in total. The number of aryl methyl sites for hydroxylation is 2. The van der Waals surface area contributed by atoms with Crippen LogP contribution < -0.4 is 16.3 Å². The van der Waals surface area contributed by atoms with Gasteiger partial charge in [0.15, 0.2) is 0 Å². The van der Waals surface area contributed by atoms with Crippen molar-refractivity contribution in [2.75, 3.05) is 0 Å². The number of rotatable bonds is 8. The maximum absolute atomic E-state index is 13.4. The fourth-order valence-electron chi connectivity index (χ4n) is 5.49. The second kappa shape index (κ2) is 11.1. The third-order valence-corrected chi connectivity index (χ3v) is 7.97. The van der Waals surface area contributed by atoms with Gasteiger partial charge in [0, 0.05) is 45.4 Å². The highest BCUT2D eigenvalue weighted by Crippen LogP contribution is 2.37. The van der Waals surface area contributed by atoms with E-state index in [0.29, 0.717) is 27.7 Å². The summed E-state index contributed by atoms with van der Waals surface area (Å²) in [6.45, 7) is 11.2. The summed E-state index contributed by atoms with van der Waals surface area (Å²) in [4.78, 5) is 54.3. The lowest BCUT2D eigenvalue weighted by Crippen LogP contribution is -2.52. The van der Waals surface area contributed by atoms with Crippen LogP contribution in [0.25, 0.3) is 32.8 Å². The van der Waals surface area contributed by atoms with E-state index in [-0.39, 0.29) is 23.8 Å². The van der Waals surface area contributed by atoms with Crippen LogP contribution in [-0.4, -0.2) is 40.0 Å². The number of para-hydroxylation sites is 1. The van der Waals surface area contributed by atoms with E-state index in [9.17, 15) is 24.3 Å². The molecule has 5 aromatic rings. The first kappa shape index (κ1) is 29.6. The van der Waals surface area contributed by atoms with Gasteiger partial charge in [-0.1, -0.05) is 39.0 Å². The molecular weight excluding hydrogens is 550 g/mol. The highest BCUT2D eigenvalue weighted by molar-refractivity contribution is 6.00. The Morgan fingerprint density at radius 2 is 1.72 bits per heavy atom. The van der Waals surface area contributed by atoms with Gasteiger partial charge in [0.2, 0.25) is 11.8 Å². The van der Waals surface area contributed by atoms with Crippen LogP contribution in [0.3, 0.4) is 0 Å². The summed E-state index contributed by atoms with van der Waals surface area (Å²) in [6, 6.07) is 7.21. The molecule has 0 fully saturated rings. The van der Waals surface area contributed by atoms with Crippen LogP contribution in [0, 0.1) is 13.8 Å². The zero-order chi connectivity index (χ0) is 31.2. The molecule has 5 rings (SSSR count). The number of amides is 2. The average Bonchev–Trinajstić information content (AvgIpc) is 3.56. The van der Waals surface area contributed by atoms with E-state index in [1.54, 1.807) is 19.4 Å². The number of carboxylic acid groups (broad SMARTS) is 1. The van der Waals surface area contributed by atoms with Crippen molar-refractivity contribution in [3.63, 3.8) is 0 Å². The number of carboxylic acids is 1. The first-order valence-corrected chi connectivity index (χ1v) is 14.1. The van der Waals surface area contributed by atoms with Crippen molar-refractivity contribution in [1.29, 1.82) is 0 Å². The number of benzene rings is 2. The second-order valence-corrected chi connectivity index (χ2v) is 12.1. The normalized spacial score (nSPS) is 13.3. The molecule has 2 atom stereocenters. The summed E-state index contributed by atoms with van der Waals surface area (Å²) in [5.74, 6) is -2.43. The van der Waals surface area contributed by atoms with E-state index in [4.69, 9.17) is 8.83 Å². The standard InChI is InChI=1S/C33H35N3O7/c1-16-21-12-23-24(33(4,5)6)15-42-28(23)17(2)29(21)43-32(41)22(16)13-27(37)36-26(30(38)35-18(3)31(39)40)11-19-14-34-25-10-8-7-9-20(19)25/h7-10,12,14-15,18,26,34H,11,13H2,1-6H3,(H,35,38)(H,36,37)(H,39,40)/t18-,26-/m1/s1. The lowest BCUT2D eigenvalue weighted by molar-refractivity contribution is -0.141. The number of hydrogen-bond donors (Lipinski definition) is 4. The zero-order valence-electron chi connectivity index (χ0n) is 25.0. The van der Waals surface area contributed by atoms with E-state index < -0.39 is 35.5 Å². The van der Waals surface area contributed by atoms with Gasteiger partial charge >= 0.3 is 11.6 Å². The van der Waals surface area contributed by atoms with Crippen LogP contribution in [0.1, 0.15) is 55.5 Å². The Morgan fingerprint density at radius 3 is 2.42 bits per heavy atom. The number of hydrogen-bond acceptors (Lipinski definition) is 6. The quantitative estimate of drug-likeness (QED) is 0.191. The number of carbonyl (C=O) groups excluding carboxylic acids is 2. The third kappa shape index (κ3) is 5.64. The number of aromatic amines is 1. The molecule has 0 saturated heterocycles. The van der Waals surface area contributed by atoms with Crippen molar-refractivity contribution in [3.05, 3.63) is 81.0 Å². The van der Waals surface area contributed by atoms with Crippen LogP contribution >= 0.6 is 0 Å². The van der Waals surface area contributed by atoms with Gasteiger partial charge in [-0.3, -0.25) is 14.4 Å². The number of furan rings is 1. The first-order valence-electron chi connectivity index (χ1n) is 14.1. The van der Waals surface area contributed by atoms with Crippen molar-refractivity contribution in [2.24, 2.45) is 0 Å². The molecule has 0 saturated carbocycles. The molecule has 2 aromatic carbocycles. The lowest BCUT2D eigenvalue weighted by Gasteiger charge is -2.20. The highest BCUT2D eigenvalue weighted by atomic mass is 16.4. The predicted octanol–water partition coefficient (Wildman–Crippen LogP) is 4.79. The first-order chi connectivity index (χ1) is 20.3. The molecule has 0 radical (unpaired) electrons. The summed E-state index contributed by atoms with van der Waals surface area (Å²) in [5.41, 5.74) is 4.33. The van der Waals surface area contributed by atoms with Crippen molar-refractivity contribution in [1.82, 2.24) is 15.6 Å². The summed E-state index contributed by atoms with van der Waals surface area (Å²) in [7, 11) is 0. The molecule has 2 amide bonds. The van der Waals surface area contributed by atoms with Gasteiger partial charge in [-0.2, -0.15) is 0 Å². The lowest BCUT2D eigenvalue weighted by atomic mass is 9.86. The fraction of sp³-hybridized carbons (Fsp3) is 0.333. The van der Waals surface area contributed by atoms with Crippen LogP contribution in [0.2, 0.25) is 0 Å². The van der Waals surface area contributed by atoms with Crippen molar-refractivity contribution in [2.45, 2.75) is 71.9 Å². The fourth-order valence-corrected chi connectivity index (χ4v) is 5.49. The minimum Gasteiger partial charge on any atom is -0.480 e. The molecule has 3 heterocycles. The van der Waals surface area contributed by atoms with E-state index in [1.165, 1.54) is 6.92 Å². The van der Waals surface area contributed by atoms with Crippen LogP contribution in [-0.2, 0) is 32.6 Å². The maximum Gasteiger partial charge on any atom is 0.340 e. The molecule has 0 unspecified atom stereocenters. The van der Waals surface area contributed by atoms with Crippen LogP contribution in [0.5, 0.6) is 0 Å².